The number of thioether (sulfide) groups is 1. The predicted molar refractivity (Wildman–Crippen MR) is 67.8 cm³/mol. The molecule has 0 fully saturated rings. The van der Waals surface area contributed by atoms with E-state index in [1.54, 1.807) is 11.6 Å². The van der Waals surface area contributed by atoms with Gasteiger partial charge in [-0.2, -0.15) is 0 Å². The molecule has 0 spiro atoms. The van der Waals surface area contributed by atoms with Crippen molar-refractivity contribution in [1.82, 2.24) is 4.98 Å². The molecule has 1 aromatic heterocycles. The minimum Gasteiger partial charge on any atom is -0.289 e. The van der Waals surface area contributed by atoms with E-state index in [1.165, 1.54) is 53.4 Å². The summed E-state index contributed by atoms with van der Waals surface area (Å²) in [6, 6.07) is 5.48. The number of carbonyl (C=O) groups excluding carboxylic acids is 1. The van der Waals surface area contributed by atoms with Gasteiger partial charge in [-0.25, -0.2) is 9.37 Å². The van der Waals surface area contributed by atoms with Gasteiger partial charge in [-0.05, 0) is 35.7 Å². The summed E-state index contributed by atoms with van der Waals surface area (Å²) < 4.78 is 13.5. The van der Waals surface area contributed by atoms with E-state index in [9.17, 15) is 9.18 Å². The summed E-state index contributed by atoms with van der Waals surface area (Å²) in [5, 5.41) is 3.56. The molecule has 0 saturated heterocycles. The Balaban J connectivity index is 1.97. The minimum absolute atomic E-state index is 0.144. The fourth-order valence-corrected chi connectivity index (χ4v) is 2.48. The van der Waals surface area contributed by atoms with E-state index in [0.717, 1.165) is 4.34 Å². The Morgan fingerprint density at radius 1 is 1.35 bits per heavy atom. The summed E-state index contributed by atoms with van der Waals surface area (Å²) in [6.07, 6.45) is 3.17. The Bertz CT molecular complexity index is 520. The SMILES string of the molecule is O=C(/C=C/Sc1nccs1)c1ccc(F)cc1. The average Bonchev–Trinajstić information content (AvgIpc) is 2.83. The summed E-state index contributed by atoms with van der Waals surface area (Å²) >= 11 is 2.90. The molecule has 0 aliphatic heterocycles. The number of rotatable bonds is 4. The molecule has 0 amide bonds. The molecule has 0 bridgehead atoms. The molecule has 1 heterocycles. The summed E-state index contributed by atoms with van der Waals surface area (Å²) in [5.74, 6) is -0.489. The van der Waals surface area contributed by atoms with Crippen LogP contribution >= 0.6 is 23.1 Å². The third-order valence-corrected chi connectivity index (χ3v) is 3.65. The second kappa shape index (κ2) is 5.75. The predicted octanol–water partition coefficient (Wildman–Crippen LogP) is 3.77. The topological polar surface area (TPSA) is 30.0 Å². The van der Waals surface area contributed by atoms with Crippen molar-refractivity contribution in [1.29, 1.82) is 0 Å². The highest BCUT2D eigenvalue weighted by atomic mass is 32.2. The molecule has 0 aliphatic carbocycles. The van der Waals surface area contributed by atoms with E-state index >= 15 is 0 Å². The van der Waals surface area contributed by atoms with Crippen LogP contribution in [0.15, 0.2) is 51.7 Å². The van der Waals surface area contributed by atoms with Crippen LogP contribution in [0, 0.1) is 5.82 Å². The maximum absolute atomic E-state index is 12.6. The number of thiazole rings is 1. The normalized spacial score (nSPS) is 10.9. The summed E-state index contributed by atoms with van der Waals surface area (Å²) in [5.41, 5.74) is 0.474. The highest BCUT2D eigenvalue weighted by Gasteiger charge is 2.01. The zero-order chi connectivity index (χ0) is 12.1. The first-order valence-electron chi connectivity index (χ1n) is 4.78. The number of aromatic nitrogens is 1. The molecule has 17 heavy (non-hydrogen) atoms. The molecule has 86 valence electrons. The Hall–Kier alpha value is -1.46. The first kappa shape index (κ1) is 12.0. The van der Waals surface area contributed by atoms with Gasteiger partial charge in [0.2, 0.25) is 0 Å². The van der Waals surface area contributed by atoms with E-state index in [1.807, 2.05) is 5.38 Å². The monoisotopic (exact) mass is 265 g/mol. The molecule has 1 aromatic carbocycles. The number of ketones is 1. The van der Waals surface area contributed by atoms with Gasteiger partial charge in [0, 0.05) is 17.1 Å². The van der Waals surface area contributed by atoms with Crippen molar-refractivity contribution in [3.8, 4) is 0 Å². The van der Waals surface area contributed by atoms with Crippen molar-refractivity contribution in [2.75, 3.05) is 0 Å². The van der Waals surface area contributed by atoms with Crippen LogP contribution in [0.4, 0.5) is 4.39 Å². The lowest BCUT2D eigenvalue weighted by atomic mass is 10.1. The quantitative estimate of drug-likeness (QED) is 0.479. The molecular weight excluding hydrogens is 257 g/mol. The summed E-state index contributed by atoms with van der Waals surface area (Å²) in [7, 11) is 0. The lowest BCUT2D eigenvalue weighted by Crippen LogP contribution is -1.93. The third-order valence-electron chi connectivity index (χ3n) is 1.93. The molecule has 2 nitrogen and oxygen atoms in total. The molecule has 2 rings (SSSR count). The van der Waals surface area contributed by atoms with Crippen LogP contribution in [0.3, 0.4) is 0 Å². The molecule has 5 heteroatoms. The molecule has 0 saturated carbocycles. The van der Waals surface area contributed by atoms with Gasteiger partial charge in [0.1, 0.15) is 5.82 Å². The maximum atomic E-state index is 12.6. The average molecular weight is 265 g/mol. The Kier molecular flexibility index (Phi) is 4.06. The largest absolute Gasteiger partial charge is 0.289 e. The fraction of sp³-hybridized carbons (Fsp3) is 0. The smallest absolute Gasteiger partial charge is 0.186 e. The number of hydrogen-bond acceptors (Lipinski definition) is 4. The van der Waals surface area contributed by atoms with Crippen molar-refractivity contribution in [2.45, 2.75) is 4.34 Å². The number of hydrogen-bond donors (Lipinski definition) is 0. The Morgan fingerprint density at radius 2 is 2.12 bits per heavy atom. The number of benzene rings is 1. The van der Waals surface area contributed by atoms with Gasteiger partial charge in [-0.3, -0.25) is 4.79 Å². The van der Waals surface area contributed by atoms with Gasteiger partial charge in [-0.15, -0.1) is 11.3 Å². The molecule has 0 radical (unpaired) electrons. The molecule has 0 N–H and O–H groups in total. The van der Waals surface area contributed by atoms with Gasteiger partial charge in [-0.1, -0.05) is 11.8 Å². The molecule has 0 atom stereocenters. The maximum Gasteiger partial charge on any atom is 0.186 e. The minimum atomic E-state index is -0.345. The third kappa shape index (κ3) is 3.51. The summed E-state index contributed by atoms with van der Waals surface area (Å²) in [6.45, 7) is 0. The van der Waals surface area contributed by atoms with Crippen LogP contribution < -0.4 is 0 Å². The lowest BCUT2D eigenvalue weighted by Gasteiger charge is -1.94. The zero-order valence-corrected chi connectivity index (χ0v) is 10.3. The molecule has 0 aliphatic rings. The second-order valence-electron chi connectivity index (χ2n) is 3.09. The Morgan fingerprint density at radius 3 is 2.76 bits per heavy atom. The van der Waals surface area contributed by atoms with Gasteiger partial charge in [0.25, 0.3) is 0 Å². The van der Waals surface area contributed by atoms with Crippen molar-refractivity contribution in [3.63, 3.8) is 0 Å². The van der Waals surface area contributed by atoms with Gasteiger partial charge < -0.3 is 0 Å². The van der Waals surface area contributed by atoms with Crippen LogP contribution in [-0.4, -0.2) is 10.8 Å². The lowest BCUT2D eigenvalue weighted by molar-refractivity contribution is 0.104. The number of halogens is 1. The van der Waals surface area contributed by atoms with Crippen molar-refractivity contribution in [3.05, 3.63) is 58.7 Å². The van der Waals surface area contributed by atoms with Crippen LogP contribution in [0.5, 0.6) is 0 Å². The first-order chi connectivity index (χ1) is 8.25. The van der Waals surface area contributed by atoms with Gasteiger partial charge in [0.15, 0.2) is 10.1 Å². The van der Waals surface area contributed by atoms with E-state index in [4.69, 9.17) is 0 Å². The van der Waals surface area contributed by atoms with E-state index in [0.29, 0.717) is 5.56 Å². The van der Waals surface area contributed by atoms with Gasteiger partial charge >= 0.3 is 0 Å². The standard InChI is InChI=1S/C12H8FNOS2/c13-10-3-1-9(2-4-10)11(15)5-7-16-12-14-6-8-17-12/h1-8H/b7-5+. The van der Waals surface area contributed by atoms with Crippen molar-refractivity contribution in [2.24, 2.45) is 0 Å². The van der Waals surface area contributed by atoms with Crippen molar-refractivity contribution < 1.29 is 9.18 Å². The number of allylic oxidation sites excluding steroid dienone is 1. The molecule has 2 aromatic rings. The summed E-state index contributed by atoms with van der Waals surface area (Å²) in [4.78, 5) is 15.7. The second-order valence-corrected chi connectivity index (χ2v) is 5.14. The Labute approximate surface area is 106 Å². The van der Waals surface area contributed by atoms with Crippen LogP contribution in [0.2, 0.25) is 0 Å². The van der Waals surface area contributed by atoms with E-state index in [2.05, 4.69) is 4.98 Å². The van der Waals surface area contributed by atoms with E-state index < -0.39 is 0 Å². The van der Waals surface area contributed by atoms with Crippen LogP contribution in [-0.2, 0) is 0 Å². The van der Waals surface area contributed by atoms with E-state index in [-0.39, 0.29) is 11.6 Å². The zero-order valence-electron chi connectivity index (χ0n) is 8.67. The molecule has 0 unspecified atom stereocenters. The van der Waals surface area contributed by atoms with Crippen LogP contribution in [0.1, 0.15) is 10.4 Å². The fourth-order valence-electron chi connectivity index (χ4n) is 1.13. The molecular formula is C12H8FNOS2. The number of nitrogens with zero attached hydrogens (tertiary/aromatic N) is 1. The highest BCUT2D eigenvalue weighted by Crippen LogP contribution is 2.21. The van der Waals surface area contributed by atoms with Crippen molar-refractivity contribution >= 4 is 28.9 Å². The highest BCUT2D eigenvalue weighted by molar-refractivity contribution is 8.03. The number of carbonyl (C=O) groups is 1. The van der Waals surface area contributed by atoms with Crippen LogP contribution in [0.25, 0.3) is 0 Å². The van der Waals surface area contributed by atoms with Gasteiger partial charge in [0.05, 0.1) is 0 Å². The first-order valence-corrected chi connectivity index (χ1v) is 6.54.